The Morgan fingerprint density at radius 2 is 1.48 bits per heavy atom. The van der Waals surface area contributed by atoms with Crippen LogP contribution < -0.4 is 22.5 Å². The van der Waals surface area contributed by atoms with E-state index < -0.39 is 6.04 Å². The van der Waals surface area contributed by atoms with Crippen molar-refractivity contribution in [2.45, 2.75) is 95.7 Å². The van der Waals surface area contributed by atoms with Gasteiger partial charge in [-0.05, 0) is 74.1 Å². The number of primary amides is 1. The average Bonchev–Trinajstić information content (AvgIpc) is 3.37. The van der Waals surface area contributed by atoms with E-state index in [0.29, 0.717) is 31.8 Å². The average molecular weight is 696 g/mol. The Hall–Kier alpha value is -3.84. The maximum absolute atomic E-state index is 13.1. The highest BCUT2D eigenvalue weighted by molar-refractivity contribution is 5.81. The van der Waals surface area contributed by atoms with Crippen LogP contribution in [0.3, 0.4) is 0 Å². The molecule has 1 unspecified atom stereocenters. The van der Waals surface area contributed by atoms with Crippen LogP contribution in [-0.2, 0) is 55.1 Å². The van der Waals surface area contributed by atoms with Gasteiger partial charge in [0.2, 0.25) is 11.8 Å². The van der Waals surface area contributed by atoms with Gasteiger partial charge in [0.05, 0.1) is 30.3 Å². The molecule has 0 aliphatic rings. The van der Waals surface area contributed by atoms with E-state index in [2.05, 4.69) is 29.6 Å². The first-order valence-electron chi connectivity index (χ1n) is 17.9. The molecule has 0 bridgehead atoms. The number of benzene rings is 2. The smallest absolute Gasteiger partial charge is 0.329 e. The fourth-order valence-electron chi connectivity index (χ4n) is 5.95. The van der Waals surface area contributed by atoms with Crippen LogP contribution in [0.25, 0.3) is 11.0 Å². The van der Waals surface area contributed by atoms with Crippen molar-refractivity contribution in [2.24, 2.45) is 18.5 Å². The molecule has 3 aromatic rings. The third kappa shape index (κ3) is 13.8. The Kier molecular flexibility index (Phi) is 18.5. The van der Waals surface area contributed by atoms with Crippen molar-refractivity contribution in [3.63, 3.8) is 0 Å². The molecule has 12 nitrogen and oxygen atoms in total. The first-order valence-corrected chi connectivity index (χ1v) is 17.9. The first kappa shape index (κ1) is 40.6. The first-order chi connectivity index (χ1) is 24.2. The number of unbranched alkanes of at least 4 members (excludes halogenated alkanes) is 3. The highest BCUT2D eigenvalue weighted by Gasteiger charge is 2.21. The number of carbonyl (C=O) groups is 3. The van der Waals surface area contributed by atoms with Crippen molar-refractivity contribution in [1.82, 2.24) is 14.5 Å². The van der Waals surface area contributed by atoms with E-state index in [1.165, 1.54) is 10.1 Å². The Bertz CT molecular complexity index is 1520. The molecular weight excluding hydrogens is 638 g/mol. The maximum atomic E-state index is 13.1. The second-order valence-corrected chi connectivity index (χ2v) is 12.9. The van der Waals surface area contributed by atoms with E-state index in [4.69, 9.17) is 25.7 Å². The number of carbonyl (C=O) groups excluding carboxylic acids is 3. The van der Waals surface area contributed by atoms with Crippen LogP contribution in [0, 0.1) is 0 Å². The van der Waals surface area contributed by atoms with Gasteiger partial charge < -0.3 is 35.8 Å². The van der Waals surface area contributed by atoms with Crippen molar-refractivity contribution >= 4 is 29.1 Å². The second kappa shape index (κ2) is 22.8. The minimum Gasteiger partial charge on any atom is -0.381 e. The van der Waals surface area contributed by atoms with Gasteiger partial charge in [-0.25, -0.2) is 4.79 Å². The van der Waals surface area contributed by atoms with Crippen molar-refractivity contribution < 1.29 is 28.6 Å². The fourth-order valence-corrected chi connectivity index (χ4v) is 5.95. The molecule has 0 fully saturated rings. The number of aryl methyl sites for hydroxylation is 3. The number of hydrogen-bond donors (Lipinski definition) is 3. The number of imidazole rings is 1. The van der Waals surface area contributed by atoms with Crippen LogP contribution >= 0.6 is 0 Å². The Labute approximate surface area is 295 Å². The number of nitrogens with zero attached hydrogens (tertiary/aromatic N) is 2. The lowest BCUT2D eigenvalue weighted by Gasteiger charge is -2.12. The molecular formula is C38H57N5O7. The minimum absolute atomic E-state index is 0.163. The highest BCUT2D eigenvalue weighted by atomic mass is 16.5. The third-order valence-electron chi connectivity index (χ3n) is 8.82. The molecule has 12 heteroatoms. The fraction of sp³-hybridized carbons (Fsp3) is 0.579. The molecule has 0 radical (unpaired) electrons. The van der Waals surface area contributed by atoms with Gasteiger partial charge in [0.1, 0.15) is 6.29 Å². The molecule has 1 aromatic heterocycles. The number of fused-ring (bicyclic) bond motifs is 1. The molecule has 2 amide bonds. The van der Waals surface area contributed by atoms with E-state index in [1.807, 2.05) is 18.2 Å². The van der Waals surface area contributed by atoms with Crippen LogP contribution in [-0.4, -0.2) is 73.4 Å². The Morgan fingerprint density at radius 3 is 2.12 bits per heavy atom. The van der Waals surface area contributed by atoms with Gasteiger partial charge >= 0.3 is 5.69 Å². The SMILES string of the molecule is CNC(=O)CCC(C=O)n1c(=O)n(C)c2c(CCCOCCCCCCOCCCc3ccc(COC[C@@H](N)CCC(N)=O)cc3)cccc21. The highest BCUT2D eigenvalue weighted by Crippen LogP contribution is 2.23. The molecule has 1 heterocycles. The number of nitrogens with one attached hydrogen (secondary N) is 1. The number of nitrogens with two attached hydrogens (primary N) is 2. The normalized spacial score (nSPS) is 12.6. The lowest BCUT2D eigenvalue weighted by molar-refractivity contribution is -0.121. The van der Waals surface area contributed by atoms with E-state index in [9.17, 15) is 19.2 Å². The molecule has 0 spiro atoms. The standard InChI is InChI=1S/C38H57N5O7/c1-41-36(46)21-19-33(26-44)43-34-13-7-11-31(37(34)42(2)38(43)47)12-9-25-49-23-6-4-3-5-22-48-24-8-10-29-14-16-30(17-15-29)27-50-28-32(39)18-20-35(40)45/h7,11,13-17,26,32-33H,3-6,8-10,12,18-25,27-28,39H2,1-2H3,(H2,40,45)(H,41,46)/t32-,33?/m0/s1. The summed E-state index contributed by atoms with van der Waals surface area (Å²) >= 11 is 0. The summed E-state index contributed by atoms with van der Waals surface area (Å²) < 4.78 is 20.5. The van der Waals surface area contributed by atoms with Crippen LogP contribution in [0.1, 0.15) is 86.9 Å². The zero-order chi connectivity index (χ0) is 36.1. The summed E-state index contributed by atoms with van der Waals surface area (Å²) in [6.07, 6.45) is 9.80. The summed E-state index contributed by atoms with van der Waals surface area (Å²) in [5, 5.41) is 2.56. The molecule has 0 aliphatic carbocycles. The van der Waals surface area contributed by atoms with E-state index in [-0.39, 0.29) is 42.8 Å². The molecule has 0 saturated heterocycles. The molecule has 0 saturated carbocycles. The summed E-state index contributed by atoms with van der Waals surface area (Å²) in [7, 11) is 3.28. The van der Waals surface area contributed by atoms with Gasteiger partial charge in [-0.1, -0.05) is 49.2 Å². The summed E-state index contributed by atoms with van der Waals surface area (Å²) in [4.78, 5) is 47.5. The summed E-state index contributed by atoms with van der Waals surface area (Å²) in [6.45, 7) is 3.78. The Morgan fingerprint density at radius 1 is 0.840 bits per heavy atom. The van der Waals surface area contributed by atoms with Gasteiger partial charge in [-0.2, -0.15) is 0 Å². The molecule has 2 aromatic carbocycles. The number of amides is 2. The molecule has 0 aliphatic heterocycles. The van der Waals surface area contributed by atoms with E-state index in [1.54, 1.807) is 18.7 Å². The van der Waals surface area contributed by atoms with Gasteiger partial charge in [-0.3, -0.25) is 18.7 Å². The largest absolute Gasteiger partial charge is 0.381 e. The maximum Gasteiger partial charge on any atom is 0.329 e. The minimum atomic E-state index is -0.698. The molecule has 5 N–H and O–H groups in total. The van der Waals surface area contributed by atoms with Crippen LogP contribution in [0.5, 0.6) is 0 Å². The zero-order valence-corrected chi connectivity index (χ0v) is 29.9. The summed E-state index contributed by atoms with van der Waals surface area (Å²) in [5.74, 6) is -0.505. The number of aldehydes is 1. The van der Waals surface area contributed by atoms with Gasteiger partial charge in [0.15, 0.2) is 0 Å². The number of aromatic nitrogens is 2. The van der Waals surface area contributed by atoms with Crippen molar-refractivity contribution in [3.05, 3.63) is 69.6 Å². The van der Waals surface area contributed by atoms with Crippen LogP contribution in [0.4, 0.5) is 0 Å². The number of hydrogen-bond acceptors (Lipinski definition) is 8. The van der Waals surface area contributed by atoms with Crippen molar-refractivity contribution in [2.75, 3.05) is 40.1 Å². The van der Waals surface area contributed by atoms with Gasteiger partial charge in [0, 0.05) is 59.4 Å². The molecule has 50 heavy (non-hydrogen) atoms. The van der Waals surface area contributed by atoms with E-state index >= 15 is 0 Å². The summed E-state index contributed by atoms with van der Waals surface area (Å²) in [5.41, 5.74) is 15.8. The topological polar surface area (TPSA) is 170 Å². The van der Waals surface area contributed by atoms with Crippen molar-refractivity contribution in [3.8, 4) is 0 Å². The number of ether oxygens (including phenoxy) is 3. The number of para-hydroxylation sites is 1. The van der Waals surface area contributed by atoms with Gasteiger partial charge in [-0.15, -0.1) is 0 Å². The van der Waals surface area contributed by atoms with Crippen LogP contribution in [0.15, 0.2) is 47.3 Å². The lowest BCUT2D eigenvalue weighted by atomic mass is 10.1. The monoisotopic (exact) mass is 695 g/mol. The lowest BCUT2D eigenvalue weighted by Crippen LogP contribution is -2.28. The zero-order valence-electron chi connectivity index (χ0n) is 29.9. The number of rotatable bonds is 27. The predicted molar refractivity (Wildman–Crippen MR) is 195 cm³/mol. The Balaban J connectivity index is 1.21. The van der Waals surface area contributed by atoms with Crippen molar-refractivity contribution in [1.29, 1.82) is 0 Å². The van der Waals surface area contributed by atoms with Crippen LogP contribution in [0.2, 0.25) is 0 Å². The molecule has 276 valence electrons. The second-order valence-electron chi connectivity index (χ2n) is 12.9. The van der Waals surface area contributed by atoms with E-state index in [0.717, 1.165) is 94.1 Å². The third-order valence-corrected chi connectivity index (χ3v) is 8.82. The van der Waals surface area contributed by atoms with Gasteiger partial charge in [0.25, 0.3) is 0 Å². The molecule has 2 atom stereocenters. The quantitative estimate of drug-likeness (QED) is 0.0798. The molecule has 3 rings (SSSR count). The summed E-state index contributed by atoms with van der Waals surface area (Å²) in [6, 6.07) is 13.3. The predicted octanol–water partition coefficient (Wildman–Crippen LogP) is 3.87.